The molecule has 3 aromatic rings. The van der Waals surface area contributed by atoms with E-state index in [0.29, 0.717) is 42.4 Å². The van der Waals surface area contributed by atoms with Crippen LogP contribution in [-0.4, -0.2) is 51.0 Å². The number of benzene rings is 1. The average Bonchev–Trinajstić information content (AvgIpc) is 3.35. The van der Waals surface area contributed by atoms with E-state index in [1.165, 1.54) is 0 Å². The van der Waals surface area contributed by atoms with Gasteiger partial charge >= 0.3 is 6.03 Å². The SMILES string of the molecule is COc1ccc(CN2CCN(c3ccn(-c4cc(C)nc(Cl)c4CO)n3)C2=O)cc1. The van der Waals surface area contributed by atoms with Crippen molar-refractivity contribution in [3.05, 3.63) is 64.6 Å². The molecular formula is C21H22ClN5O3. The smallest absolute Gasteiger partial charge is 0.326 e. The number of aliphatic hydroxyl groups is 1. The quantitative estimate of drug-likeness (QED) is 0.611. The van der Waals surface area contributed by atoms with Gasteiger partial charge in [0.15, 0.2) is 5.82 Å². The van der Waals surface area contributed by atoms with E-state index < -0.39 is 0 Å². The molecule has 1 aliphatic rings. The van der Waals surface area contributed by atoms with Crippen molar-refractivity contribution < 1.29 is 14.6 Å². The predicted octanol–water partition coefficient (Wildman–Crippen LogP) is 3.17. The number of carbonyl (C=O) groups is 1. The molecule has 1 aromatic carbocycles. The maximum atomic E-state index is 12.9. The first-order valence-electron chi connectivity index (χ1n) is 9.52. The van der Waals surface area contributed by atoms with Gasteiger partial charge in [0.1, 0.15) is 10.9 Å². The molecule has 8 nitrogen and oxygen atoms in total. The summed E-state index contributed by atoms with van der Waals surface area (Å²) in [4.78, 5) is 20.5. The standard InChI is InChI=1S/C21H22ClN5O3/c1-14-11-18(17(13-28)20(22)23-14)27-8-7-19(24-27)26-10-9-25(21(26)29)12-15-3-5-16(30-2)6-4-15/h3-8,11,28H,9-10,12-13H2,1-2H3. The number of halogens is 1. The molecule has 1 fully saturated rings. The number of nitrogens with zero attached hydrogens (tertiary/aromatic N) is 5. The Balaban J connectivity index is 1.52. The molecule has 0 atom stereocenters. The number of aromatic nitrogens is 3. The van der Waals surface area contributed by atoms with Crippen LogP contribution in [0.5, 0.6) is 5.75 Å². The lowest BCUT2D eigenvalue weighted by molar-refractivity contribution is 0.218. The van der Waals surface area contributed by atoms with Gasteiger partial charge in [0.2, 0.25) is 0 Å². The Morgan fingerprint density at radius 2 is 1.97 bits per heavy atom. The average molecular weight is 428 g/mol. The molecule has 2 amide bonds. The van der Waals surface area contributed by atoms with Crippen LogP contribution in [0.25, 0.3) is 5.69 Å². The van der Waals surface area contributed by atoms with E-state index in [2.05, 4.69) is 10.1 Å². The van der Waals surface area contributed by atoms with Crippen LogP contribution in [0.1, 0.15) is 16.8 Å². The minimum absolute atomic E-state index is 0.0950. The Morgan fingerprint density at radius 1 is 1.20 bits per heavy atom. The van der Waals surface area contributed by atoms with E-state index in [1.807, 2.05) is 31.2 Å². The maximum Gasteiger partial charge on any atom is 0.326 e. The van der Waals surface area contributed by atoms with Crippen molar-refractivity contribution in [2.24, 2.45) is 0 Å². The lowest BCUT2D eigenvalue weighted by atomic mass is 10.2. The lowest BCUT2D eigenvalue weighted by Gasteiger charge is -2.17. The summed E-state index contributed by atoms with van der Waals surface area (Å²) in [7, 11) is 1.63. The van der Waals surface area contributed by atoms with Gasteiger partial charge in [0.05, 0.1) is 19.4 Å². The second-order valence-corrected chi connectivity index (χ2v) is 7.39. The Labute approximate surface area is 179 Å². The number of hydrogen-bond donors (Lipinski definition) is 1. The third kappa shape index (κ3) is 3.83. The first-order chi connectivity index (χ1) is 14.5. The van der Waals surface area contributed by atoms with E-state index in [0.717, 1.165) is 11.3 Å². The Kier molecular flexibility index (Phi) is 5.61. The van der Waals surface area contributed by atoms with Crippen molar-refractivity contribution in [1.82, 2.24) is 19.7 Å². The first-order valence-corrected chi connectivity index (χ1v) is 9.90. The number of anilines is 1. The third-order valence-corrected chi connectivity index (χ3v) is 5.37. The fraction of sp³-hybridized carbons (Fsp3) is 0.286. The van der Waals surface area contributed by atoms with Gasteiger partial charge in [0.25, 0.3) is 0 Å². The molecule has 0 unspecified atom stereocenters. The Hall–Kier alpha value is -3.10. The normalized spacial score (nSPS) is 13.9. The second-order valence-electron chi connectivity index (χ2n) is 7.03. The van der Waals surface area contributed by atoms with Crippen LogP contribution in [0.3, 0.4) is 0 Å². The highest BCUT2D eigenvalue weighted by molar-refractivity contribution is 6.30. The molecule has 30 heavy (non-hydrogen) atoms. The fourth-order valence-electron chi connectivity index (χ4n) is 3.48. The minimum atomic E-state index is -0.255. The summed E-state index contributed by atoms with van der Waals surface area (Å²) in [6, 6.07) is 11.2. The topological polar surface area (TPSA) is 83.7 Å². The molecule has 9 heteroatoms. The number of urea groups is 1. The molecule has 0 saturated carbocycles. The molecule has 3 heterocycles. The maximum absolute atomic E-state index is 12.9. The van der Waals surface area contributed by atoms with Crippen molar-refractivity contribution in [2.45, 2.75) is 20.1 Å². The van der Waals surface area contributed by atoms with Crippen LogP contribution in [0.15, 0.2) is 42.6 Å². The molecule has 156 valence electrons. The van der Waals surface area contributed by atoms with Crippen LogP contribution in [-0.2, 0) is 13.2 Å². The summed E-state index contributed by atoms with van der Waals surface area (Å²) in [5.74, 6) is 1.33. The predicted molar refractivity (Wildman–Crippen MR) is 113 cm³/mol. The highest BCUT2D eigenvalue weighted by atomic mass is 35.5. The Bertz CT molecular complexity index is 1070. The minimum Gasteiger partial charge on any atom is -0.497 e. The van der Waals surface area contributed by atoms with E-state index in [9.17, 15) is 9.90 Å². The van der Waals surface area contributed by atoms with Gasteiger partial charge in [0, 0.05) is 43.2 Å². The number of aryl methyl sites for hydroxylation is 1. The van der Waals surface area contributed by atoms with E-state index >= 15 is 0 Å². The number of ether oxygens (including phenoxy) is 1. The van der Waals surface area contributed by atoms with Crippen LogP contribution in [0.2, 0.25) is 5.15 Å². The summed E-state index contributed by atoms with van der Waals surface area (Å²) in [5, 5.41) is 14.5. The zero-order valence-corrected chi connectivity index (χ0v) is 17.5. The number of hydrogen-bond acceptors (Lipinski definition) is 5. The van der Waals surface area contributed by atoms with Gasteiger partial charge in [-0.3, -0.25) is 4.90 Å². The number of aliphatic hydroxyl groups excluding tert-OH is 1. The summed E-state index contributed by atoms with van der Waals surface area (Å²) >= 11 is 6.17. The first kappa shape index (κ1) is 20.2. The van der Waals surface area contributed by atoms with Crippen molar-refractivity contribution in [3.63, 3.8) is 0 Å². The van der Waals surface area contributed by atoms with E-state index in [1.54, 1.807) is 39.9 Å². The van der Waals surface area contributed by atoms with Crippen LogP contribution in [0.4, 0.5) is 10.6 Å². The molecule has 0 radical (unpaired) electrons. The zero-order valence-electron chi connectivity index (χ0n) is 16.7. The van der Waals surface area contributed by atoms with Crippen molar-refractivity contribution in [3.8, 4) is 11.4 Å². The molecule has 2 aromatic heterocycles. The van der Waals surface area contributed by atoms with Gasteiger partial charge in [-0.25, -0.2) is 14.5 Å². The van der Waals surface area contributed by atoms with Crippen LogP contribution < -0.4 is 9.64 Å². The molecule has 0 spiro atoms. The largest absolute Gasteiger partial charge is 0.497 e. The van der Waals surface area contributed by atoms with E-state index in [4.69, 9.17) is 16.3 Å². The van der Waals surface area contributed by atoms with Crippen molar-refractivity contribution in [1.29, 1.82) is 0 Å². The number of rotatable bonds is 6. The van der Waals surface area contributed by atoms with Crippen LogP contribution >= 0.6 is 11.6 Å². The number of methoxy groups -OCH3 is 1. The molecule has 1 N–H and O–H groups in total. The molecule has 0 aliphatic carbocycles. The molecule has 1 saturated heterocycles. The molecule has 0 bridgehead atoms. The molecular weight excluding hydrogens is 406 g/mol. The van der Waals surface area contributed by atoms with Gasteiger partial charge in [-0.05, 0) is 30.7 Å². The summed E-state index contributed by atoms with van der Waals surface area (Å²) < 4.78 is 6.79. The fourth-order valence-corrected chi connectivity index (χ4v) is 3.77. The molecule has 4 rings (SSSR count). The van der Waals surface area contributed by atoms with Gasteiger partial charge in [-0.2, -0.15) is 0 Å². The summed E-state index contributed by atoms with van der Waals surface area (Å²) in [6.07, 6.45) is 1.75. The highest BCUT2D eigenvalue weighted by Crippen LogP contribution is 2.26. The van der Waals surface area contributed by atoms with Crippen molar-refractivity contribution >= 4 is 23.4 Å². The monoisotopic (exact) mass is 427 g/mol. The number of pyridine rings is 1. The summed E-state index contributed by atoms with van der Waals surface area (Å²) in [6.45, 7) is 3.25. The molecule has 1 aliphatic heterocycles. The van der Waals surface area contributed by atoms with Gasteiger partial charge in [-0.1, -0.05) is 23.7 Å². The van der Waals surface area contributed by atoms with Crippen LogP contribution in [0, 0.1) is 6.92 Å². The lowest BCUT2D eigenvalue weighted by Crippen LogP contribution is -2.31. The summed E-state index contributed by atoms with van der Waals surface area (Å²) in [5.41, 5.74) is 2.88. The van der Waals surface area contributed by atoms with Gasteiger partial charge in [-0.15, -0.1) is 5.10 Å². The third-order valence-electron chi connectivity index (χ3n) is 5.06. The van der Waals surface area contributed by atoms with Crippen molar-refractivity contribution in [2.75, 3.05) is 25.1 Å². The van der Waals surface area contributed by atoms with Gasteiger partial charge < -0.3 is 14.7 Å². The zero-order chi connectivity index (χ0) is 21.3. The number of carbonyl (C=O) groups excluding carboxylic acids is 1. The Morgan fingerprint density at radius 3 is 2.67 bits per heavy atom. The number of amides is 2. The second kappa shape index (κ2) is 8.33. The highest BCUT2D eigenvalue weighted by Gasteiger charge is 2.31. The van der Waals surface area contributed by atoms with E-state index in [-0.39, 0.29) is 17.8 Å².